The van der Waals surface area contributed by atoms with Crippen molar-refractivity contribution < 1.29 is 13.2 Å². The second-order valence-corrected chi connectivity index (χ2v) is 7.02. The van der Waals surface area contributed by atoms with Crippen LogP contribution in [0, 0.1) is 20.8 Å². The number of benzene rings is 1. The van der Waals surface area contributed by atoms with Gasteiger partial charge in [-0.3, -0.25) is 4.72 Å². The van der Waals surface area contributed by atoms with Gasteiger partial charge in [-0.05, 0) is 37.5 Å². The van der Waals surface area contributed by atoms with Gasteiger partial charge in [0.25, 0.3) is 0 Å². The highest BCUT2D eigenvalue weighted by Crippen LogP contribution is 2.29. The number of nitrogens with one attached hydrogen (secondary N) is 1. The van der Waals surface area contributed by atoms with Crippen molar-refractivity contribution in [3.8, 4) is 5.75 Å². The van der Waals surface area contributed by atoms with Gasteiger partial charge in [0.15, 0.2) is 0 Å². The van der Waals surface area contributed by atoms with E-state index in [-0.39, 0.29) is 0 Å². The summed E-state index contributed by atoms with van der Waals surface area (Å²) in [6, 6.07) is 9.86. The summed E-state index contributed by atoms with van der Waals surface area (Å²) in [6.45, 7) is 5.98. The van der Waals surface area contributed by atoms with E-state index in [9.17, 15) is 8.42 Å². The van der Waals surface area contributed by atoms with Crippen LogP contribution in [-0.2, 0) is 16.6 Å². The average molecular weight is 320 g/mol. The first kappa shape index (κ1) is 16.3. The SMILES string of the molecule is Cc1nc(NS(C)(=O)=O)c(C)c(C)c1OCc1ccccc1. The predicted octanol–water partition coefficient (Wildman–Crippen LogP) is 2.96. The van der Waals surface area contributed by atoms with Crippen molar-refractivity contribution in [2.24, 2.45) is 0 Å². The molecule has 0 spiro atoms. The van der Waals surface area contributed by atoms with Crippen LogP contribution in [0.15, 0.2) is 30.3 Å². The molecule has 6 heteroatoms. The van der Waals surface area contributed by atoms with Gasteiger partial charge in [-0.15, -0.1) is 0 Å². The number of pyridine rings is 1. The molecule has 0 saturated heterocycles. The third-order valence-corrected chi connectivity index (χ3v) is 3.94. The summed E-state index contributed by atoms with van der Waals surface area (Å²) in [4.78, 5) is 4.32. The van der Waals surface area contributed by atoms with E-state index in [0.717, 1.165) is 22.9 Å². The van der Waals surface area contributed by atoms with Gasteiger partial charge in [0, 0.05) is 0 Å². The van der Waals surface area contributed by atoms with Crippen LogP contribution in [0.4, 0.5) is 5.82 Å². The summed E-state index contributed by atoms with van der Waals surface area (Å²) in [5, 5.41) is 0. The minimum absolute atomic E-state index is 0.351. The van der Waals surface area contributed by atoms with Crippen LogP contribution in [-0.4, -0.2) is 19.7 Å². The minimum Gasteiger partial charge on any atom is -0.487 e. The summed E-state index contributed by atoms with van der Waals surface area (Å²) >= 11 is 0. The summed E-state index contributed by atoms with van der Waals surface area (Å²) in [6.07, 6.45) is 1.11. The molecule has 0 fully saturated rings. The van der Waals surface area contributed by atoms with Gasteiger partial charge in [0.1, 0.15) is 18.2 Å². The number of anilines is 1. The van der Waals surface area contributed by atoms with E-state index in [2.05, 4.69) is 9.71 Å². The van der Waals surface area contributed by atoms with E-state index in [1.807, 2.05) is 44.2 Å². The van der Waals surface area contributed by atoms with Crippen molar-refractivity contribution in [1.82, 2.24) is 4.98 Å². The Morgan fingerprint density at radius 3 is 2.32 bits per heavy atom. The topological polar surface area (TPSA) is 68.3 Å². The minimum atomic E-state index is -3.35. The van der Waals surface area contributed by atoms with Gasteiger partial charge in [-0.25, -0.2) is 13.4 Å². The Hall–Kier alpha value is -2.08. The number of ether oxygens (including phenoxy) is 1. The number of hydrogen-bond donors (Lipinski definition) is 1. The molecule has 0 saturated carbocycles. The highest BCUT2D eigenvalue weighted by atomic mass is 32.2. The van der Waals surface area contributed by atoms with Crippen LogP contribution in [0.1, 0.15) is 22.4 Å². The molecule has 1 aromatic carbocycles. The fourth-order valence-corrected chi connectivity index (χ4v) is 2.69. The van der Waals surface area contributed by atoms with Crippen molar-refractivity contribution in [3.63, 3.8) is 0 Å². The lowest BCUT2D eigenvalue weighted by Gasteiger charge is -2.16. The fourth-order valence-electron chi connectivity index (χ4n) is 2.14. The number of hydrogen-bond acceptors (Lipinski definition) is 4. The number of sulfonamides is 1. The lowest BCUT2D eigenvalue weighted by Crippen LogP contribution is -2.14. The molecule has 2 rings (SSSR count). The van der Waals surface area contributed by atoms with E-state index in [1.54, 1.807) is 6.92 Å². The molecule has 0 amide bonds. The Morgan fingerprint density at radius 2 is 1.73 bits per heavy atom. The van der Waals surface area contributed by atoms with E-state index < -0.39 is 10.0 Å². The van der Waals surface area contributed by atoms with Crippen LogP contribution < -0.4 is 9.46 Å². The molecule has 1 N–H and O–H groups in total. The van der Waals surface area contributed by atoms with Gasteiger partial charge in [-0.2, -0.15) is 0 Å². The van der Waals surface area contributed by atoms with Crippen LogP contribution in [0.2, 0.25) is 0 Å². The van der Waals surface area contributed by atoms with Crippen molar-refractivity contribution in [2.45, 2.75) is 27.4 Å². The highest BCUT2D eigenvalue weighted by molar-refractivity contribution is 7.92. The van der Waals surface area contributed by atoms with Gasteiger partial charge in [0.05, 0.1) is 11.9 Å². The Labute approximate surface area is 131 Å². The molecule has 0 radical (unpaired) electrons. The first-order valence-electron chi connectivity index (χ1n) is 6.90. The molecule has 5 nitrogen and oxygen atoms in total. The monoisotopic (exact) mass is 320 g/mol. The van der Waals surface area contributed by atoms with Gasteiger partial charge in [-0.1, -0.05) is 30.3 Å². The third kappa shape index (κ3) is 3.98. The van der Waals surface area contributed by atoms with Crippen LogP contribution in [0.25, 0.3) is 0 Å². The first-order chi connectivity index (χ1) is 10.3. The van der Waals surface area contributed by atoms with Gasteiger partial charge < -0.3 is 4.74 Å². The number of nitrogens with zero attached hydrogens (tertiary/aromatic N) is 1. The maximum atomic E-state index is 11.4. The van der Waals surface area contributed by atoms with E-state index in [4.69, 9.17) is 4.74 Å². The zero-order valence-electron chi connectivity index (χ0n) is 13.2. The molecule has 0 unspecified atom stereocenters. The van der Waals surface area contributed by atoms with Gasteiger partial charge >= 0.3 is 0 Å². The molecule has 2 aromatic rings. The third-order valence-electron chi connectivity index (χ3n) is 3.37. The van der Waals surface area contributed by atoms with Crippen LogP contribution >= 0.6 is 0 Å². The normalized spacial score (nSPS) is 11.3. The predicted molar refractivity (Wildman–Crippen MR) is 87.7 cm³/mol. The number of aromatic nitrogens is 1. The summed E-state index contributed by atoms with van der Waals surface area (Å²) in [7, 11) is -3.35. The summed E-state index contributed by atoms with van der Waals surface area (Å²) < 4.78 is 31.1. The van der Waals surface area contributed by atoms with Gasteiger partial charge in [0.2, 0.25) is 10.0 Å². The van der Waals surface area contributed by atoms with E-state index >= 15 is 0 Å². The zero-order valence-corrected chi connectivity index (χ0v) is 14.0. The molecular weight excluding hydrogens is 300 g/mol. The molecule has 22 heavy (non-hydrogen) atoms. The Bertz CT molecular complexity index is 772. The lowest BCUT2D eigenvalue weighted by molar-refractivity contribution is 0.300. The molecular formula is C16H20N2O3S. The number of rotatable bonds is 5. The second-order valence-electron chi connectivity index (χ2n) is 5.27. The standard InChI is InChI=1S/C16H20N2O3S/c1-11-12(2)16(18-22(4,19)20)17-13(3)15(11)21-10-14-8-6-5-7-9-14/h5-9H,10H2,1-4H3,(H,17,18). The van der Waals surface area contributed by atoms with Crippen molar-refractivity contribution in [3.05, 3.63) is 52.7 Å². The molecule has 1 heterocycles. The second kappa shape index (κ2) is 6.36. The van der Waals surface area contributed by atoms with Crippen LogP contribution in [0.3, 0.4) is 0 Å². The first-order valence-corrected chi connectivity index (χ1v) is 8.79. The van der Waals surface area contributed by atoms with E-state index in [0.29, 0.717) is 23.9 Å². The fraction of sp³-hybridized carbons (Fsp3) is 0.312. The zero-order chi connectivity index (χ0) is 16.3. The molecule has 0 atom stereocenters. The van der Waals surface area contributed by atoms with Crippen LogP contribution in [0.5, 0.6) is 5.75 Å². The summed E-state index contributed by atoms with van der Waals surface area (Å²) in [5.74, 6) is 1.05. The quantitative estimate of drug-likeness (QED) is 0.919. The lowest BCUT2D eigenvalue weighted by atomic mass is 10.1. The van der Waals surface area contributed by atoms with Crippen molar-refractivity contribution in [2.75, 3.05) is 11.0 Å². The van der Waals surface area contributed by atoms with Crippen molar-refractivity contribution in [1.29, 1.82) is 0 Å². The maximum absolute atomic E-state index is 11.4. The smallest absolute Gasteiger partial charge is 0.230 e. The maximum Gasteiger partial charge on any atom is 0.230 e. The Balaban J connectivity index is 2.28. The number of aryl methyl sites for hydroxylation is 1. The molecule has 0 aliphatic rings. The molecule has 0 aliphatic heterocycles. The molecule has 0 bridgehead atoms. The highest BCUT2D eigenvalue weighted by Gasteiger charge is 2.15. The van der Waals surface area contributed by atoms with E-state index in [1.165, 1.54) is 0 Å². The Kier molecular flexibility index (Phi) is 4.71. The largest absolute Gasteiger partial charge is 0.487 e. The Morgan fingerprint density at radius 1 is 1.09 bits per heavy atom. The average Bonchev–Trinajstić information content (AvgIpc) is 2.44. The van der Waals surface area contributed by atoms with Crippen molar-refractivity contribution >= 4 is 15.8 Å². The summed E-state index contributed by atoms with van der Waals surface area (Å²) in [5.41, 5.74) is 3.37. The molecule has 0 aliphatic carbocycles. The molecule has 118 valence electrons. The molecule has 1 aromatic heterocycles.